The van der Waals surface area contributed by atoms with Crippen molar-refractivity contribution in [1.82, 2.24) is 9.21 Å². The Morgan fingerprint density at radius 3 is 2.08 bits per heavy atom. The van der Waals surface area contributed by atoms with Crippen LogP contribution in [0.15, 0.2) is 34.3 Å². The molecule has 130 valence electrons. The predicted molar refractivity (Wildman–Crippen MR) is 82.0 cm³/mol. The second-order valence-electron chi connectivity index (χ2n) is 4.84. The van der Waals surface area contributed by atoms with Gasteiger partial charge in [-0.1, -0.05) is 0 Å². The minimum atomic E-state index is -3.81. The maximum atomic E-state index is 12.5. The van der Waals surface area contributed by atoms with Gasteiger partial charge in [-0.15, -0.1) is 0 Å². The summed E-state index contributed by atoms with van der Waals surface area (Å²) in [4.78, 5) is 21.6. The minimum Gasteiger partial charge on any atom is -0.365 e. The summed E-state index contributed by atoms with van der Waals surface area (Å²) in [6.07, 6.45) is 0. The lowest BCUT2D eigenvalue weighted by molar-refractivity contribution is -0.485. The van der Waals surface area contributed by atoms with Crippen LogP contribution in [-0.4, -0.2) is 59.7 Å². The van der Waals surface area contributed by atoms with Crippen molar-refractivity contribution in [3.05, 3.63) is 44.5 Å². The van der Waals surface area contributed by atoms with E-state index in [0.29, 0.717) is 0 Å². The van der Waals surface area contributed by atoms with Gasteiger partial charge in [0.05, 0.1) is 9.82 Å². The van der Waals surface area contributed by atoms with Crippen LogP contribution in [0.1, 0.15) is 0 Å². The zero-order chi connectivity index (χ0) is 17.9. The second-order valence-corrected chi connectivity index (χ2v) is 6.78. The highest BCUT2D eigenvalue weighted by molar-refractivity contribution is 7.89. The third-order valence-corrected chi connectivity index (χ3v) is 5.34. The van der Waals surface area contributed by atoms with Crippen molar-refractivity contribution in [3.8, 4) is 0 Å². The van der Waals surface area contributed by atoms with Gasteiger partial charge in [-0.25, -0.2) is 18.5 Å². The van der Waals surface area contributed by atoms with Crippen LogP contribution in [0.5, 0.6) is 0 Å². The van der Waals surface area contributed by atoms with Gasteiger partial charge in [0.2, 0.25) is 10.0 Å². The molecule has 0 aromatic heterocycles. The molecule has 1 aromatic rings. The monoisotopic (exact) mass is 358 g/mol. The molecule has 1 aliphatic rings. The highest BCUT2D eigenvalue weighted by atomic mass is 32.2. The lowest BCUT2D eigenvalue weighted by Gasteiger charge is -2.33. The fourth-order valence-electron chi connectivity index (χ4n) is 2.19. The fraction of sp³-hybridized carbons (Fsp3) is 0.364. The van der Waals surface area contributed by atoms with E-state index >= 15 is 0 Å². The van der Waals surface area contributed by atoms with Crippen molar-refractivity contribution < 1.29 is 18.4 Å². The predicted octanol–water partition coefficient (Wildman–Crippen LogP) is -0.592. The number of non-ortho nitro benzene ring substituents is 1. The molecule has 13 heteroatoms. The Hall–Kier alpha value is -2.80. The number of hydrogen-bond acceptors (Lipinski definition) is 6. The van der Waals surface area contributed by atoms with Gasteiger partial charge >= 0.3 is 0 Å². The highest BCUT2D eigenvalue weighted by Gasteiger charge is 2.30. The highest BCUT2D eigenvalue weighted by Crippen LogP contribution is 2.20. The van der Waals surface area contributed by atoms with E-state index in [-0.39, 0.29) is 42.7 Å². The smallest absolute Gasteiger partial charge is 0.269 e. The molecule has 1 aromatic carbocycles. The summed E-state index contributed by atoms with van der Waals surface area (Å²) >= 11 is 0. The van der Waals surface area contributed by atoms with Crippen molar-refractivity contribution in [2.24, 2.45) is 10.8 Å². The fourth-order valence-corrected chi connectivity index (χ4v) is 3.62. The Kier molecular flexibility index (Phi) is 4.94. The Balaban J connectivity index is 2.10. The van der Waals surface area contributed by atoms with Gasteiger partial charge in [0.1, 0.15) is 5.10 Å². The topological polar surface area (TPSA) is 165 Å². The number of sulfonamides is 1. The Morgan fingerprint density at radius 2 is 1.62 bits per heavy atom. The third-order valence-electron chi connectivity index (χ3n) is 3.43. The second kappa shape index (κ2) is 6.76. The Morgan fingerprint density at radius 1 is 1.08 bits per heavy atom. The van der Waals surface area contributed by atoms with Gasteiger partial charge in [0.15, 0.2) is 5.03 Å². The number of guanidine groups is 1. The van der Waals surface area contributed by atoms with E-state index in [1.807, 2.05) is 0 Å². The molecule has 0 unspecified atom stereocenters. The molecule has 0 atom stereocenters. The first-order valence-electron chi connectivity index (χ1n) is 6.70. The molecule has 0 saturated carbocycles. The van der Waals surface area contributed by atoms with Gasteiger partial charge < -0.3 is 10.6 Å². The molecular weight excluding hydrogens is 344 g/mol. The third kappa shape index (κ3) is 3.75. The average Bonchev–Trinajstić information content (AvgIpc) is 2.54. The largest absolute Gasteiger partial charge is 0.365 e. The van der Waals surface area contributed by atoms with Crippen LogP contribution in [0.2, 0.25) is 0 Å². The molecular formula is C11H14N6O6S. The Bertz CT molecular complexity index is 769. The SMILES string of the molecule is N/C(=N/[N+](=O)[O-])N1CCN(S(=O)(=O)c2ccc([N+](=O)[O-])cc2)CC1. The number of nitro groups is 2. The van der Waals surface area contributed by atoms with E-state index in [0.717, 1.165) is 12.1 Å². The van der Waals surface area contributed by atoms with Crippen LogP contribution >= 0.6 is 0 Å². The van der Waals surface area contributed by atoms with E-state index in [4.69, 9.17) is 5.73 Å². The first-order valence-corrected chi connectivity index (χ1v) is 8.14. The van der Waals surface area contributed by atoms with Gasteiger partial charge in [0.25, 0.3) is 11.6 Å². The molecule has 0 bridgehead atoms. The zero-order valence-electron chi connectivity index (χ0n) is 12.3. The van der Waals surface area contributed by atoms with Crippen LogP contribution in [0.25, 0.3) is 0 Å². The number of rotatable bonds is 4. The van der Waals surface area contributed by atoms with Crippen molar-refractivity contribution in [2.75, 3.05) is 26.2 Å². The van der Waals surface area contributed by atoms with E-state index < -0.39 is 20.0 Å². The molecule has 1 saturated heterocycles. The summed E-state index contributed by atoms with van der Waals surface area (Å²) in [6.45, 7) is 0.422. The van der Waals surface area contributed by atoms with E-state index in [9.17, 15) is 28.6 Å². The van der Waals surface area contributed by atoms with Crippen LogP contribution in [0.3, 0.4) is 0 Å². The number of nitrogens with zero attached hydrogens (tertiary/aromatic N) is 5. The number of hydrazone groups is 1. The molecule has 2 N–H and O–H groups in total. The molecule has 2 rings (SSSR count). The number of hydrogen-bond donors (Lipinski definition) is 1. The molecule has 12 nitrogen and oxygen atoms in total. The number of nitro benzene ring substituents is 1. The maximum Gasteiger partial charge on any atom is 0.269 e. The van der Waals surface area contributed by atoms with Gasteiger partial charge in [-0.2, -0.15) is 4.31 Å². The normalized spacial score (nSPS) is 16.8. The van der Waals surface area contributed by atoms with E-state index in [1.54, 1.807) is 0 Å². The van der Waals surface area contributed by atoms with Crippen molar-refractivity contribution in [2.45, 2.75) is 4.90 Å². The summed E-state index contributed by atoms with van der Waals surface area (Å²) < 4.78 is 26.2. The minimum absolute atomic E-state index is 0.0616. The molecule has 0 radical (unpaired) electrons. The summed E-state index contributed by atoms with van der Waals surface area (Å²) in [5.41, 5.74) is 5.26. The van der Waals surface area contributed by atoms with Crippen LogP contribution in [-0.2, 0) is 10.0 Å². The van der Waals surface area contributed by atoms with Gasteiger partial charge in [-0.05, 0) is 12.1 Å². The first kappa shape index (κ1) is 17.6. The lowest BCUT2D eigenvalue weighted by Crippen LogP contribution is -2.52. The molecule has 1 fully saturated rings. The molecule has 0 spiro atoms. The average molecular weight is 358 g/mol. The number of benzene rings is 1. The molecule has 0 aliphatic carbocycles. The van der Waals surface area contributed by atoms with Crippen LogP contribution in [0, 0.1) is 20.2 Å². The first-order chi connectivity index (χ1) is 11.2. The van der Waals surface area contributed by atoms with E-state index in [2.05, 4.69) is 5.10 Å². The quantitative estimate of drug-likeness (QED) is 0.322. The van der Waals surface area contributed by atoms with Crippen LogP contribution in [0.4, 0.5) is 5.69 Å². The van der Waals surface area contributed by atoms with Crippen molar-refractivity contribution in [3.63, 3.8) is 0 Å². The van der Waals surface area contributed by atoms with Crippen molar-refractivity contribution >= 4 is 21.7 Å². The molecule has 1 heterocycles. The summed E-state index contributed by atoms with van der Waals surface area (Å²) in [5, 5.41) is 23.0. The van der Waals surface area contributed by atoms with Gasteiger partial charge in [0, 0.05) is 38.3 Å². The number of piperazine rings is 1. The zero-order valence-corrected chi connectivity index (χ0v) is 13.1. The summed E-state index contributed by atoms with van der Waals surface area (Å²) in [6, 6.07) is 4.57. The maximum absolute atomic E-state index is 12.5. The van der Waals surface area contributed by atoms with E-state index in [1.165, 1.54) is 21.3 Å². The molecule has 0 amide bonds. The lowest BCUT2D eigenvalue weighted by atomic mass is 10.3. The van der Waals surface area contributed by atoms with Gasteiger partial charge in [-0.3, -0.25) is 10.1 Å². The molecule has 24 heavy (non-hydrogen) atoms. The summed E-state index contributed by atoms with van der Waals surface area (Å²) in [7, 11) is -3.81. The van der Waals surface area contributed by atoms with Crippen LogP contribution < -0.4 is 5.73 Å². The van der Waals surface area contributed by atoms with Crippen molar-refractivity contribution in [1.29, 1.82) is 0 Å². The summed E-state index contributed by atoms with van der Waals surface area (Å²) in [5.74, 6) is -0.285. The molecule has 1 aliphatic heterocycles. The Labute approximate surface area is 136 Å². The standard InChI is InChI=1S/C11H14N6O6S/c12-11(13-17(20)21)14-5-7-15(8-6-14)24(22,23)10-3-1-9(2-4-10)16(18)19/h1-4H,5-8H2,(H2,12,13). The number of nitrogens with two attached hydrogens (primary N) is 1.